The van der Waals surface area contributed by atoms with Gasteiger partial charge in [-0.2, -0.15) is 0 Å². The van der Waals surface area contributed by atoms with Crippen LogP contribution in [0.25, 0.3) is 0 Å². The van der Waals surface area contributed by atoms with Gasteiger partial charge in [-0.3, -0.25) is 9.59 Å². The fraction of sp³-hybridized carbons (Fsp3) is 0.462. The highest BCUT2D eigenvalue weighted by Gasteiger charge is 2.25. The number of hydrogen-bond acceptors (Lipinski definition) is 3. The van der Waals surface area contributed by atoms with E-state index in [1.165, 1.54) is 24.8 Å². The predicted octanol–water partition coefficient (Wildman–Crippen LogP) is 3.73. The van der Waals surface area contributed by atoms with E-state index in [0.717, 1.165) is 24.8 Å². The molecule has 31 heavy (non-hydrogen) atoms. The lowest BCUT2D eigenvalue weighted by molar-refractivity contribution is -0.130. The number of aryl methyl sites for hydroxylation is 1. The minimum atomic E-state index is -0.580. The second kappa shape index (κ2) is 12.3. The molecule has 2 aromatic carbocycles. The molecule has 1 aliphatic carbocycles. The Morgan fingerprint density at radius 1 is 0.871 bits per heavy atom. The molecule has 2 amide bonds. The molecule has 3 N–H and O–H groups in total. The molecule has 0 heterocycles. The van der Waals surface area contributed by atoms with Gasteiger partial charge in [0.25, 0.3) is 0 Å². The molecule has 1 fully saturated rings. The van der Waals surface area contributed by atoms with E-state index in [1.54, 1.807) is 6.92 Å². The molecule has 0 aliphatic heterocycles. The number of benzene rings is 2. The van der Waals surface area contributed by atoms with Gasteiger partial charge in [0.15, 0.2) is 0 Å². The van der Waals surface area contributed by atoms with Crippen molar-refractivity contribution in [2.45, 2.75) is 76.5 Å². The molecule has 2 aromatic rings. The van der Waals surface area contributed by atoms with Crippen LogP contribution in [0.5, 0.6) is 0 Å². The Hall–Kier alpha value is -2.66. The highest BCUT2D eigenvalue weighted by atomic mass is 16.2. The highest BCUT2D eigenvalue weighted by Crippen LogP contribution is 2.19. The smallest absolute Gasteiger partial charge is 0.242 e. The molecule has 3 rings (SSSR count). The van der Waals surface area contributed by atoms with Crippen LogP contribution in [-0.2, 0) is 22.6 Å². The number of carbonyl (C=O) groups is 2. The molecule has 5 heteroatoms. The van der Waals surface area contributed by atoms with Gasteiger partial charge in [-0.05, 0) is 43.7 Å². The third-order valence-corrected chi connectivity index (χ3v) is 5.98. The van der Waals surface area contributed by atoms with Crippen LogP contribution in [0, 0.1) is 0 Å². The van der Waals surface area contributed by atoms with Crippen LogP contribution in [0.4, 0.5) is 0 Å². The molecule has 0 unspecified atom stereocenters. The summed E-state index contributed by atoms with van der Waals surface area (Å²) in [6, 6.07) is 19.5. The number of amides is 2. The first kappa shape index (κ1) is 23.0. The van der Waals surface area contributed by atoms with Crippen LogP contribution >= 0.6 is 0 Å². The van der Waals surface area contributed by atoms with Gasteiger partial charge in [-0.15, -0.1) is 0 Å². The fourth-order valence-corrected chi connectivity index (χ4v) is 4.12. The lowest BCUT2D eigenvalue weighted by atomic mass is 9.94. The summed E-state index contributed by atoms with van der Waals surface area (Å²) in [5.41, 5.74) is 2.26. The Morgan fingerprint density at radius 3 is 2.13 bits per heavy atom. The first-order valence-corrected chi connectivity index (χ1v) is 11.5. The maximum Gasteiger partial charge on any atom is 0.242 e. The molecular formula is C26H35N3O2. The zero-order valence-electron chi connectivity index (χ0n) is 18.5. The maximum absolute atomic E-state index is 13.1. The van der Waals surface area contributed by atoms with Crippen molar-refractivity contribution in [1.29, 1.82) is 0 Å². The average molecular weight is 422 g/mol. The first-order valence-electron chi connectivity index (χ1n) is 11.5. The van der Waals surface area contributed by atoms with E-state index in [9.17, 15) is 9.59 Å². The monoisotopic (exact) mass is 421 g/mol. The largest absolute Gasteiger partial charge is 0.350 e. The molecule has 0 saturated heterocycles. The lowest BCUT2D eigenvalue weighted by Gasteiger charge is -2.29. The van der Waals surface area contributed by atoms with Crippen molar-refractivity contribution in [3.05, 3.63) is 71.8 Å². The van der Waals surface area contributed by atoms with Crippen LogP contribution in [-0.4, -0.2) is 29.9 Å². The van der Waals surface area contributed by atoms with Crippen LogP contribution in [0.2, 0.25) is 0 Å². The minimum Gasteiger partial charge on any atom is -0.350 e. The Kier molecular flexibility index (Phi) is 9.10. The van der Waals surface area contributed by atoms with Gasteiger partial charge in [0, 0.05) is 12.6 Å². The number of hydrogen-bond donors (Lipinski definition) is 3. The molecular weight excluding hydrogens is 386 g/mol. The Balaban J connectivity index is 1.54. The number of carbonyl (C=O) groups excluding carboxylic acids is 2. The molecule has 1 aliphatic rings. The summed E-state index contributed by atoms with van der Waals surface area (Å²) in [7, 11) is 0. The molecule has 166 valence electrons. The lowest BCUT2D eigenvalue weighted by Crippen LogP contribution is -2.53. The molecule has 5 nitrogen and oxygen atoms in total. The SMILES string of the molecule is C[C@H](NC(=O)[C@@H](CCc1ccccc1)NC1CCCCC1)C(=O)NCc1ccccc1. The van der Waals surface area contributed by atoms with Crippen molar-refractivity contribution in [2.24, 2.45) is 0 Å². The fourth-order valence-electron chi connectivity index (χ4n) is 4.12. The van der Waals surface area contributed by atoms with Crippen molar-refractivity contribution < 1.29 is 9.59 Å². The molecule has 0 radical (unpaired) electrons. The van der Waals surface area contributed by atoms with Crippen molar-refractivity contribution >= 4 is 11.8 Å². The van der Waals surface area contributed by atoms with Gasteiger partial charge >= 0.3 is 0 Å². The quantitative estimate of drug-likeness (QED) is 0.547. The summed E-state index contributed by atoms with van der Waals surface area (Å²) in [4.78, 5) is 25.6. The van der Waals surface area contributed by atoms with E-state index in [-0.39, 0.29) is 17.9 Å². The molecule has 0 bridgehead atoms. The summed E-state index contributed by atoms with van der Waals surface area (Å²) in [6.07, 6.45) is 7.46. The zero-order valence-corrected chi connectivity index (χ0v) is 18.5. The van der Waals surface area contributed by atoms with Gasteiger partial charge in [-0.1, -0.05) is 79.9 Å². The summed E-state index contributed by atoms with van der Waals surface area (Å²) < 4.78 is 0. The van der Waals surface area contributed by atoms with Gasteiger partial charge in [0.2, 0.25) is 11.8 Å². The van der Waals surface area contributed by atoms with Crippen molar-refractivity contribution in [1.82, 2.24) is 16.0 Å². The first-order chi connectivity index (χ1) is 15.1. The summed E-state index contributed by atoms with van der Waals surface area (Å²) in [5.74, 6) is -0.263. The normalized spacial score (nSPS) is 16.3. The zero-order chi connectivity index (χ0) is 21.9. The second-order valence-corrected chi connectivity index (χ2v) is 8.51. The van der Waals surface area contributed by atoms with Gasteiger partial charge < -0.3 is 16.0 Å². The highest BCUT2D eigenvalue weighted by molar-refractivity contribution is 5.89. The van der Waals surface area contributed by atoms with Gasteiger partial charge in [0.05, 0.1) is 6.04 Å². The van der Waals surface area contributed by atoms with Crippen LogP contribution in [0.3, 0.4) is 0 Å². The third kappa shape index (κ3) is 7.83. The van der Waals surface area contributed by atoms with E-state index < -0.39 is 6.04 Å². The number of nitrogens with one attached hydrogen (secondary N) is 3. The third-order valence-electron chi connectivity index (χ3n) is 5.98. The predicted molar refractivity (Wildman–Crippen MR) is 124 cm³/mol. The summed E-state index contributed by atoms with van der Waals surface area (Å²) in [6.45, 7) is 2.20. The van der Waals surface area contributed by atoms with E-state index >= 15 is 0 Å². The number of rotatable bonds is 10. The van der Waals surface area contributed by atoms with Crippen LogP contribution < -0.4 is 16.0 Å². The Bertz CT molecular complexity index is 804. The maximum atomic E-state index is 13.1. The standard InChI is InChI=1S/C26H35N3O2/c1-20(25(30)27-19-22-13-7-3-8-14-22)28-26(31)24(29-23-15-9-4-10-16-23)18-17-21-11-5-2-6-12-21/h2-3,5-8,11-14,20,23-24,29H,4,9-10,15-19H2,1H3,(H,27,30)(H,28,31)/t20-,24+/m0/s1. The minimum absolute atomic E-state index is 0.0936. The molecule has 0 aromatic heterocycles. The van der Waals surface area contributed by atoms with Crippen molar-refractivity contribution in [2.75, 3.05) is 0 Å². The van der Waals surface area contributed by atoms with Crippen LogP contribution in [0.15, 0.2) is 60.7 Å². The van der Waals surface area contributed by atoms with Crippen molar-refractivity contribution in [3.8, 4) is 0 Å². The topological polar surface area (TPSA) is 70.2 Å². The summed E-state index contributed by atoms with van der Waals surface area (Å²) >= 11 is 0. The van der Waals surface area contributed by atoms with Gasteiger partial charge in [-0.25, -0.2) is 0 Å². The Morgan fingerprint density at radius 2 is 1.48 bits per heavy atom. The molecule has 0 spiro atoms. The van der Waals surface area contributed by atoms with E-state index in [2.05, 4.69) is 28.1 Å². The molecule has 1 saturated carbocycles. The van der Waals surface area contributed by atoms with Gasteiger partial charge in [0.1, 0.15) is 6.04 Å². The van der Waals surface area contributed by atoms with E-state index in [0.29, 0.717) is 19.0 Å². The molecule has 2 atom stereocenters. The van der Waals surface area contributed by atoms with Crippen molar-refractivity contribution in [3.63, 3.8) is 0 Å². The Labute approximate surface area is 186 Å². The van der Waals surface area contributed by atoms with E-state index in [1.807, 2.05) is 48.5 Å². The van der Waals surface area contributed by atoms with Crippen LogP contribution in [0.1, 0.15) is 56.6 Å². The summed E-state index contributed by atoms with van der Waals surface area (Å²) in [5, 5.41) is 9.42. The average Bonchev–Trinajstić information content (AvgIpc) is 2.82. The van der Waals surface area contributed by atoms with E-state index in [4.69, 9.17) is 0 Å². The second-order valence-electron chi connectivity index (χ2n) is 8.51.